The van der Waals surface area contributed by atoms with E-state index in [-0.39, 0.29) is 5.56 Å². The van der Waals surface area contributed by atoms with E-state index in [4.69, 9.17) is 0 Å². The molecule has 0 aliphatic rings. The summed E-state index contributed by atoms with van der Waals surface area (Å²) in [4.78, 5) is 29.3. The average molecular weight is 420 g/mol. The first kappa shape index (κ1) is 20.3. The first-order valence-corrected chi connectivity index (χ1v) is 9.40. The van der Waals surface area contributed by atoms with Gasteiger partial charge in [-0.1, -0.05) is 0 Å². The fourth-order valence-corrected chi connectivity index (χ4v) is 3.11. The second-order valence-corrected chi connectivity index (χ2v) is 6.82. The SMILES string of the molecule is CNc1cc2ncc(-c3cc(NC(=O)c4ccnc(C(F)F)c4)cnc3C)cc2cn1. The van der Waals surface area contributed by atoms with Crippen LogP contribution in [-0.4, -0.2) is 32.9 Å². The Morgan fingerprint density at radius 1 is 1.00 bits per heavy atom. The number of hydrogen-bond acceptors (Lipinski definition) is 6. The van der Waals surface area contributed by atoms with Gasteiger partial charge in [0.25, 0.3) is 12.3 Å². The summed E-state index contributed by atoms with van der Waals surface area (Å²) in [5.74, 6) is 0.197. The summed E-state index contributed by atoms with van der Waals surface area (Å²) in [7, 11) is 1.79. The molecule has 0 unspecified atom stereocenters. The minimum Gasteiger partial charge on any atom is -0.373 e. The molecule has 0 spiro atoms. The summed E-state index contributed by atoms with van der Waals surface area (Å²) in [6, 6.07) is 8.02. The number of anilines is 2. The number of alkyl halides is 2. The van der Waals surface area contributed by atoms with Crippen molar-refractivity contribution in [1.82, 2.24) is 19.9 Å². The van der Waals surface area contributed by atoms with E-state index in [2.05, 4.69) is 30.6 Å². The van der Waals surface area contributed by atoms with Crippen molar-refractivity contribution in [3.63, 3.8) is 0 Å². The van der Waals surface area contributed by atoms with Crippen LogP contribution in [0.3, 0.4) is 0 Å². The minimum absolute atomic E-state index is 0.0891. The van der Waals surface area contributed by atoms with E-state index < -0.39 is 18.0 Å². The number of carbonyl (C=O) groups is 1. The molecule has 9 heteroatoms. The monoisotopic (exact) mass is 420 g/mol. The van der Waals surface area contributed by atoms with E-state index in [1.807, 2.05) is 19.1 Å². The molecule has 156 valence electrons. The number of fused-ring (bicyclic) bond motifs is 1. The van der Waals surface area contributed by atoms with E-state index in [1.165, 1.54) is 18.5 Å². The number of carbonyl (C=O) groups excluding carboxylic acids is 1. The Bertz CT molecular complexity index is 1280. The van der Waals surface area contributed by atoms with Crippen LogP contribution in [0.1, 0.15) is 28.2 Å². The zero-order valence-corrected chi connectivity index (χ0v) is 16.7. The topological polar surface area (TPSA) is 92.7 Å². The van der Waals surface area contributed by atoms with E-state index in [9.17, 15) is 13.6 Å². The van der Waals surface area contributed by atoms with Gasteiger partial charge < -0.3 is 10.6 Å². The van der Waals surface area contributed by atoms with E-state index >= 15 is 0 Å². The van der Waals surface area contributed by atoms with Crippen LogP contribution < -0.4 is 10.6 Å². The minimum atomic E-state index is -2.75. The highest BCUT2D eigenvalue weighted by Crippen LogP contribution is 2.28. The molecular formula is C22H18F2N6O. The van der Waals surface area contributed by atoms with Crippen molar-refractivity contribution >= 4 is 28.3 Å². The van der Waals surface area contributed by atoms with Gasteiger partial charge in [-0.3, -0.25) is 19.7 Å². The van der Waals surface area contributed by atoms with Gasteiger partial charge in [-0.25, -0.2) is 13.8 Å². The molecule has 0 radical (unpaired) electrons. The maximum atomic E-state index is 12.9. The van der Waals surface area contributed by atoms with Gasteiger partial charge >= 0.3 is 0 Å². The van der Waals surface area contributed by atoms with Crippen molar-refractivity contribution in [3.05, 3.63) is 72.1 Å². The van der Waals surface area contributed by atoms with E-state index in [0.717, 1.165) is 39.6 Å². The smallest absolute Gasteiger partial charge is 0.280 e. The van der Waals surface area contributed by atoms with Crippen LogP contribution >= 0.6 is 0 Å². The molecule has 4 aromatic heterocycles. The number of nitrogens with one attached hydrogen (secondary N) is 2. The number of halogens is 2. The number of aryl methyl sites for hydroxylation is 1. The maximum Gasteiger partial charge on any atom is 0.280 e. The van der Waals surface area contributed by atoms with Crippen LogP contribution in [0.15, 0.2) is 55.1 Å². The zero-order chi connectivity index (χ0) is 22.0. The number of aromatic nitrogens is 4. The number of hydrogen-bond donors (Lipinski definition) is 2. The molecule has 31 heavy (non-hydrogen) atoms. The second-order valence-electron chi connectivity index (χ2n) is 6.82. The Kier molecular flexibility index (Phi) is 5.48. The summed E-state index contributed by atoms with van der Waals surface area (Å²) in [6.07, 6.45) is 3.41. The van der Waals surface area contributed by atoms with Gasteiger partial charge in [0, 0.05) is 59.5 Å². The molecule has 0 saturated carbocycles. The van der Waals surface area contributed by atoms with Crippen LogP contribution in [-0.2, 0) is 0 Å². The Balaban J connectivity index is 1.63. The lowest BCUT2D eigenvalue weighted by Crippen LogP contribution is -2.13. The molecule has 0 aliphatic heterocycles. The maximum absolute atomic E-state index is 12.9. The molecule has 4 heterocycles. The van der Waals surface area contributed by atoms with Crippen LogP contribution in [0.5, 0.6) is 0 Å². The lowest BCUT2D eigenvalue weighted by molar-refractivity contribution is 0.102. The number of amides is 1. The van der Waals surface area contributed by atoms with Gasteiger partial charge in [0.15, 0.2) is 0 Å². The van der Waals surface area contributed by atoms with E-state index in [1.54, 1.807) is 25.5 Å². The fourth-order valence-electron chi connectivity index (χ4n) is 3.11. The van der Waals surface area contributed by atoms with Crippen LogP contribution in [0, 0.1) is 6.92 Å². The lowest BCUT2D eigenvalue weighted by atomic mass is 10.0. The summed E-state index contributed by atoms with van der Waals surface area (Å²) in [5.41, 5.74) is 3.22. The van der Waals surface area contributed by atoms with Crippen molar-refractivity contribution in [2.75, 3.05) is 17.7 Å². The molecule has 4 rings (SSSR count). The molecule has 0 fully saturated rings. The highest BCUT2D eigenvalue weighted by molar-refractivity contribution is 6.04. The van der Waals surface area contributed by atoms with Crippen molar-refractivity contribution in [1.29, 1.82) is 0 Å². The fraction of sp³-hybridized carbons (Fsp3) is 0.136. The van der Waals surface area contributed by atoms with E-state index in [0.29, 0.717) is 5.69 Å². The highest BCUT2D eigenvalue weighted by Gasteiger charge is 2.14. The van der Waals surface area contributed by atoms with Gasteiger partial charge in [-0.05, 0) is 31.2 Å². The molecule has 2 N–H and O–H groups in total. The molecule has 7 nitrogen and oxygen atoms in total. The standard InChI is InChI=1S/C22H18F2N6O/c1-12-17(14-5-15-10-29-20(25-2)8-18(15)28-9-14)7-16(11-27-12)30-22(31)13-3-4-26-19(6-13)21(23)24/h3-11,21H,1-2H3,(H,25,29)(H,30,31). The number of pyridine rings is 4. The Morgan fingerprint density at radius 2 is 1.84 bits per heavy atom. The predicted molar refractivity (Wildman–Crippen MR) is 114 cm³/mol. The first-order chi connectivity index (χ1) is 14.9. The van der Waals surface area contributed by atoms with Crippen molar-refractivity contribution < 1.29 is 13.6 Å². The normalized spacial score (nSPS) is 11.0. The third-order valence-corrected chi connectivity index (χ3v) is 4.74. The Labute approximate surface area is 176 Å². The van der Waals surface area contributed by atoms with Gasteiger partial charge in [0.1, 0.15) is 11.5 Å². The molecule has 0 aliphatic carbocycles. The molecule has 0 bridgehead atoms. The van der Waals surface area contributed by atoms with Gasteiger partial charge in [-0.2, -0.15) is 0 Å². The Hall–Kier alpha value is -4.01. The quantitative estimate of drug-likeness (QED) is 0.489. The molecule has 0 aromatic carbocycles. The van der Waals surface area contributed by atoms with Crippen LogP contribution in [0.2, 0.25) is 0 Å². The molecule has 0 saturated heterocycles. The summed E-state index contributed by atoms with van der Waals surface area (Å²) < 4.78 is 25.7. The molecule has 0 atom stereocenters. The summed E-state index contributed by atoms with van der Waals surface area (Å²) >= 11 is 0. The second kappa shape index (κ2) is 8.39. The largest absolute Gasteiger partial charge is 0.373 e. The third-order valence-electron chi connectivity index (χ3n) is 4.74. The molecule has 1 amide bonds. The molecular weight excluding hydrogens is 402 g/mol. The van der Waals surface area contributed by atoms with Crippen molar-refractivity contribution in [2.24, 2.45) is 0 Å². The van der Waals surface area contributed by atoms with Crippen LogP contribution in [0.25, 0.3) is 22.0 Å². The van der Waals surface area contributed by atoms with Gasteiger partial charge in [0.2, 0.25) is 0 Å². The van der Waals surface area contributed by atoms with Crippen molar-refractivity contribution in [2.45, 2.75) is 13.3 Å². The predicted octanol–water partition coefficient (Wildman–Crippen LogP) is 4.63. The van der Waals surface area contributed by atoms with Gasteiger partial charge in [-0.15, -0.1) is 0 Å². The third kappa shape index (κ3) is 4.30. The number of rotatable bonds is 5. The highest BCUT2D eigenvalue weighted by atomic mass is 19.3. The number of nitrogens with zero attached hydrogens (tertiary/aromatic N) is 4. The molecule has 4 aromatic rings. The first-order valence-electron chi connectivity index (χ1n) is 9.40. The van der Waals surface area contributed by atoms with Crippen LogP contribution in [0.4, 0.5) is 20.3 Å². The zero-order valence-electron chi connectivity index (χ0n) is 16.7. The lowest BCUT2D eigenvalue weighted by Gasteiger charge is -2.11. The summed E-state index contributed by atoms with van der Waals surface area (Å²) in [6.45, 7) is 1.85. The summed E-state index contributed by atoms with van der Waals surface area (Å²) in [5, 5.41) is 6.54. The van der Waals surface area contributed by atoms with Gasteiger partial charge in [0.05, 0.1) is 17.4 Å². The average Bonchev–Trinajstić information content (AvgIpc) is 2.79. The Morgan fingerprint density at radius 3 is 2.61 bits per heavy atom. The van der Waals surface area contributed by atoms with Crippen molar-refractivity contribution in [3.8, 4) is 11.1 Å².